The largest absolute Gasteiger partial charge is 0.486 e. The fourth-order valence-electron chi connectivity index (χ4n) is 2.76. The molecular formula is C20H21NO4. The van der Waals surface area contributed by atoms with Gasteiger partial charge >= 0.3 is 0 Å². The third kappa shape index (κ3) is 4.18. The van der Waals surface area contributed by atoms with Crippen LogP contribution < -0.4 is 14.8 Å². The Kier molecular flexibility index (Phi) is 5.03. The number of carbonyl (C=O) groups excluding carboxylic acids is 2. The van der Waals surface area contributed by atoms with Crippen molar-refractivity contribution in [2.24, 2.45) is 0 Å². The summed E-state index contributed by atoms with van der Waals surface area (Å²) in [5.74, 6) is 1.46. The van der Waals surface area contributed by atoms with Gasteiger partial charge in [0.2, 0.25) is 5.91 Å². The standard InChI is InChI=1S/C20H21NO4/c1-13(16-5-8-18-19(12-16)25-10-9-24-18)11-20(23)21-17-6-3-15(4-7-17)14(2)22/h3-8,12-13H,9-11H2,1-2H3,(H,21,23). The molecule has 3 rings (SSSR count). The zero-order chi connectivity index (χ0) is 17.8. The molecule has 2 aromatic rings. The van der Waals surface area contributed by atoms with Crippen LogP contribution in [0.25, 0.3) is 0 Å². The number of ether oxygens (including phenoxy) is 2. The molecule has 5 nitrogen and oxygen atoms in total. The van der Waals surface area contributed by atoms with Gasteiger partial charge in [-0.2, -0.15) is 0 Å². The molecule has 0 aromatic heterocycles. The van der Waals surface area contributed by atoms with E-state index in [-0.39, 0.29) is 17.6 Å². The first-order valence-corrected chi connectivity index (χ1v) is 8.33. The quantitative estimate of drug-likeness (QED) is 0.842. The summed E-state index contributed by atoms with van der Waals surface area (Å²) in [6.07, 6.45) is 0.355. The van der Waals surface area contributed by atoms with Crippen molar-refractivity contribution in [2.75, 3.05) is 18.5 Å². The number of amides is 1. The van der Waals surface area contributed by atoms with E-state index in [0.717, 1.165) is 17.1 Å². The summed E-state index contributed by atoms with van der Waals surface area (Å²) in [5, 5.41) is 2.86. The number of ketones is 1. The van der Waals surface area contributed by atoms with Gasteiger partial charge in [-0.15, -0.1) is 0 Å². The highest BCUT2D eigenvalue weighted by molar-refractivity contribution is 5.95. The first-order chi connectivity index (χ1) is 12.0. The molecule has 130 valence electrons. The maximum atomic E-state index is 12.3. The molecule has 0 spiro atoms. The minimum Gasteiger partial charge on any atom is -0.486 e. The summed E-state index contributed by atoms with van der Waals surface area (Å²) in [4.78, 5) is 23.5. The Hall–Kier alpha value is -2.82. The second kappa shape index (κ2) is 7.38. The van der Waals surface area contributed by atoms with E-state index in [2.05, 4.69) is 5.32 Å². The summed E-state index contributed by atoms with van der Waals surface area (Å²) in [6, 6.07) is 12.7. The lowest BCUT2D eigenvalue weighted by molar-refractivity contribution is -0.116. The number of rotatable bonds is 5. The summed E-state index contributed by atoms with van der Waals surface area (Å²) >= 11 is 0. The molecule has 0 bridgehead atoms. The van der Waals surface area contributed by atoms with Gasteiger partial charge in [-0.3, -0.25) is 9.59 Å². The summed E-state index contributed by atoms with van der Waals surface area (Å²) in [7, 11) is 0. The molecule has 2 aromatic carbocycles. The third-order valence-electron chi connectivity index (χ3n) is 4.20. The maximum Gasteiger partial charge on any atom is 0.224 e. The van der Waals surface area contributed by atoms with Crippen molar-refractivity contribution in [2.45, 2.75) is 26.2 Å². The molecule has 25 heavy (non-hydrogen) atoms. The number of fused-ring (bicyclic) bond motifs is 1. The van der Waals surface area contributed by atoms with Crippen LogP contribution in [0, 0.1) is 0 Å². The number of benzene rings is 2. The zero-order valence-corrected chi connectivity index (χ0v) is 14.4. The van der Waals surface area contributed by atoms with Gasteiger partial charge in [0.15, 0.2) is 17.3 Å². The normalized spacial score (nSPS) is 13.8. The first-order valence-electron chi connectivity index (χ1n) is 8.33. The molecule has 1 heterocycles. The number of carbonyl (C=O) groups is 2. The maximum absolute atomic E-state index is 12.3. The molecule has 1 unspecified atom stereocenters. The highest BCUT2D eigenvalue weighted by atomic mass is 16.6. The van der Waals surface area contributed by atoms with Crippen molar-refractivity contribution in [1.82, 2.24) is 0 Å². The molecular weight excluding hydrogens is 318 g/mol. The number of nitrogens with one attached hydrogen (secondary N) is 1. The predicted octanol–water partition coefficient (Wildman–Crippen LogP) is 3.79. The average Bonchev–Trinajstić information content (AvgIpc) is 2.61. The van der Waals surface area contributed by atoms with Crippen LogP contribution in [-0.2, 0) is 4.79 Å². The Labute approximate surface area is 147 Å². The molecule has 0 saturated carbocycles. The average molecular weight is 339 g/mol. The van der Waals surface area contributed by atoms with Crippen LogP contribution in [0.1, 0.15) is 42.1 Å². The van der Waals surface area contributed by atoms with E-state index in [0.29, 0.717) is 30.9 Å². The second-order valence-corrected chi connectivity index (χ2v) is 6.19. The lowest BCUT2D eigenvalue weighted by Gasteiger charge is -2.20. The minimum absolute atomic E-state index is 0.00473. The van der Waals surface area contributed by atoms with Gasteiger partial charge in [-0.25, -0.2) is 0 Å². The Morgan fingerprint density at radius 2 is 1.72 bits per heavy atom. The van der Waals surface area contributed by atoms with Gasteiger partial charge in [0.25, 0.3) is 0 Å². The number of anilines is 1. The fraction of sp³-hybridized carbons (Fsp3) is 0.300. The Balaban J connectivity index is 1.61. The van der Waals surface area contributed by atoms with Gasteiger partial charge < -0.3 is 14.8 Å². The highest BCUT2D eigenvalue weighted by Crippen LogP contribution is 2.33. The van der Waals surface area contributed by atoms with Crippen molar-refractivity contribution < 1.29 is 19.1 Å². The van der Waals surface area contributed by atoms with Gasteiger partial charge in [0.05, 0.1) is 0 Å². The summed E-state index contributed by atoms with van der Waals surface area (Å²) < 4.78 is 11.1. The number of hydrogen-bond donors (Lipinski definition) is 1. The van der Waals surface area contributed by atoms with E-state index in [4.69, 9.17) is 9.47 Å². The van der Waals surface area contributed by atoms with Crippen LogP contribution in [0.15, 0.2) is 42.5 Å². The molecule has 1 amide bonds. The molecule has 5 heteroatoms. The molecule has 0 saturated heterocycles. The smallest absolute Gasteiger partial charge is 0.224 e. The topological polar surface area (TPSA) is 64.6 Å². The predicted molar refractivity (Wildman–Crippen MR) is 95.5 cm³/mol. The summed E-state index contributed by atoms with van der Waals surface area (Å²) in [6.45, 7) is 4.63. The van der Waals surface area contributed by atoms with E-state index in [9.17, 15) is 9.59 Å². The fourth-order valence-corrected chi connectivity index (χ4v) is 2.76. The van der Waals surface area contributed by atoms with Crippen LogP contribution in [0.3, 0.4) is 0 Å². The van der Waals surface area contributed by atoms with Gasteiger partial charge in [0.1, 0.15) is 13.2 Å². The summed E-state index contributed by atoms with van der Waals surface area (Å²) in [5.41, 5.74) is 2.35. The molecule has 0 radical (unpaired) electrons. The Morgan fingerprint density at radius 1 is 1.04 bits per heavy atom. The van der Waals surface area contributed by atoms with E-state index in [1.807, 2.05) is 25.1 Å². The molecule has 0 aliphatic carbocycles. The molecule has 1 atom stereocenters. The molecule has 0 fully saturated rings. The van der Waals surface area contributed by atoms with Gasteiger partial charge in [-0.05, 0) is 54.8 Å². The van der Waals surface area contributed by atoms with Gasteiger partial charge in [-0.1, -0.05) is 13.0 Å². The van der Waals surface area contributed by atoms with Crippen LogP contribution >= 0.6 is 0 Å². The van der Waals surface area contributed by atoms with Crippen LogP contribution in [0.4, 0.5) is 5.69 Å². The van der Waals surface area contributed by atoms with E-state index in [1.54, 1.807) is 24.3 Å². The molecule has 1 aliphatic heterocycles. The van der Waals surface area contributed by atoms with E-state index >= 15 is 0 Å². The van der Waals surface area contributed by atoms with Crippen LogP contribution in [0.5, 0.6) is 11.5 Å². The van der Waals surface area contributed by atoms with E-state index < -0.39 is 0 Å². The molecule has 1 aliphatic rings. The first kappa shape index (κ1) is 17.0. The minimum atomic E-state index is -0.0713. The van der Waals surface area contributed by atoms with Crippen molar-refractivity contribution in [3.05, 3.63) is 53.6 Å². The van der Waals surface area contributed by atoms with Crippen molar-refractivity contribution in [3.63, 3.8) is 0 Å². The lowest BCUT2D eigenvalue weighted by Crippen LogP contribution is -2.16. The third-order valence-corrected chi connectivity index (χ3v) is 4.20. The Morgan fingerprint density at radius 3 is 2.40 bits per heavy atom. The number of hydrogen-bond acceptors (Lipinski definition) is 4. The van der Waals surface area contributed by atoms with Crippen LogP contribution in [0.2, 0.25) is 0 Å². The van der Waals surface area contributed by atoms with Gasteiger partial charge in [0, 0.05) is 17.7 Å². The van der Waals surface area contributed by atoms with Crippen LogP contribution in [-0.4, -0.2) is 24.9 Å². The SMILES string of the molecule is CC(=O)c1ccc(NC(=O)CC(C)c2ccc3c(c2)OCCO3)cc1. The van der Waals surface area contributed by atoms with E-state index in [1.165, 1.54) is 6.92 Å². The van der Waals surface area contributed by atoms with Crippen molar-refractivity contribution >= 4 is 17.4 Å². The molecule has 1 N–H and O–H groups in total. The lowest BCUT2D eigenvalue weighted by atomic mass is 9.97. The number of Topliss-reactive ketones (excluding diaryl/α,β-unsaturated/α-hetero) is 1. The highest BCUT2D eigenvalue weighted by Gasteiger charge is 2.16. The van der Waals surface area contributed by atoms with Crippen molar-refractivity contribution in [3.8, 4) is 11.5 Å². The van der Waals surface area contributed by atoms with Crippen molar-refractivity contribution in [1.29, 1.82) is 0 Å². The Bertz CT molecular complexity index is 783. The zero-order valence-electron chi connectivity index (χ0n) is 14.4. The second-order valence-electron chi connectivity index (χ2n) is 6.19. The monoisotopic (exact) mass is 339 g/mol.